The highest BCUT2D eigenvalue weighted by atomic mass is 35.5. The highest BCUT2D eigenvalue weighted by Gasteiger charge is 2.78. The molecule has 2 heterocycles. The van der Waals surface area contributed by atoms with Gasteiger partial charge in [0.1, 0.15) is 30.0 Å². The van der Waals surface area contributed by atoms with E-state index in [1.807, 2.05) is 6.92 Å². The van der Waals surface area contributed by atoms with E-state index >= 15 is 0 Å². The third-order valence-corrected chi connectivity index (χ3v) is 10.6. The lowest BCUT2D eigenvalue weighted by Crippen LogP contribution is -2.72. The Morgan fingerprint density at radius 1 is 1.05 bits per heavy atom. The molecule has 2 aliphatic carbocycles. The highest BCUT2D eigenvalue weighted by molar-refractivity contribution is 6.23. The zero-order valence-electron chi connectivity index (χ0n) is 26.3. The summed E-state index contributed by atoms with van der Waals surface area (Å²) in [5.74, 6) is -6.31. The number of carbonyl (C=O) groups excluding carboxylic acids is 5. The van der Waals surface area contributed by atoms with E-state index in [1.54, 1.807) is 13.8 Å². The molecule has 44 heavy (non-hydrogen) atoms. The van der Waals surface area contributed by atoms with Crippen molar-refractivity contribution in [2.75, 3.05) is 6.61 Å². The van der Waals surface area contributed by atoms with Crippen molar-refractivity contribution in [3.05, 3.63) is 12.2 Å². The maximum Gasteiger partial charge on any atom is 0.312 e. The maximum absolute atomic E-state index is 13.4. The third-order valence-electron chi connectivity index (χ3n) is 10.1. The molecule has 12 nitrogen and oxygen atoms in total. The Morgan fingerprint density at radius 3 is 2.14 bits per heavy atom. The summed E-state index contributed by atoms with van der Waals surface area (Å²) >= 11 is 6.83. The molecular weight excluding hydrogens is 600 g/mol. The molecule has 1 N–H and O–H groups in total. The molecule has 4 fully saturated rings. The van der Waals surface area contributed by atoms with Crippen molar-refractivity contribution in [1.82, 2.24) is 0 Å². The van der Waals surface area contributed by atoms with Crippen molar-refractivity contribution in [3.8, 4) is 0 Å². The quantitative estimate of drug-likeness (QED) is 0.148. The molecule has 0 bridgehead atoms. The van der Waals surface area contributed by atoms with Gasteiger partial charge in [0.15, 0.2) is 11.7 Å². The number of hydrogen-bond acceptors (Lipinski definition) is 12. The van der Waals surface area contributed by atoms with Crippen LogP contribution in [-0.2, 0) is 52.4 Å². The molecule has 4 rings (SSSR count). The van der Waals surface area contributed by atoms with Crippen LogP contribution in [0.15, 0.2) is 12.2 Å². The molecule has 2 aliphatic heterocycles. The average molecular weight is 643 g/mol. The Labute approximate surface area is 262 Å². The Bertz CT molecular complexity index is 1210. The summed E-state index contributed by atoms with van der Waals surface area (Å²) < 4.78 is 35.6. The lowest BCUT2D eigenvalue weighted by molar-refractivity contribution is -0.260. The minimum absolute atomic E-state index is 0.00271. The topological polar surface area (TPSA) is 164 Å². The lowest BCUT2D eigenvalue weighted by Gasteiger charge is -2.58. The van der Waals surface area contributed by atoms with Gasteiger partial charge in [-0.1, -0.05) is 32.9 Å². The minimum atomic E-state index is -2.26. The number of halogens is 1. The monoisotopic (exact) mass is 642 g/mol. The smallest absolute Gasteiger partial charge is 0.312 e. The number of rotatable bonds is 6. The number of aliphatic hydroxyl groups is 1. The second kappa shape index (κ2) is 12.2. The summed E-state index contributed by atoms with van der Waals surface area (Å²) in [6, 6.07) is 0. The van der Waals surface area contributed by atoms with Gasteiger partial charge in [0.05, 0.1) is 29.2 Å². The lowest BCUT2D eigenvalue weighted by atomic mass is 9.51. The Morgan fingerprint density at radius 2 is 1.61 bits per heavy atom. The van der Waals surface area contributed by atoms with Gasteiger partial charge in [0, 0.05) is 33.1 Å². The van der Waals surface area contributed by atoms with Crippen molar-refractivity contribution in [3.63, 3.8) is 0 Å². The summed E-state index contributed by atoms with van der Waals surface area (Å²) in [5.41, 5.74) is -4.70. The number of epoxide rings is 1. The first-order chi connectivity index (χ1) is 20.4. The van der Waals surface area contributed by atoms with Gasteiger partial charge in [-0.25, -0.2) is 0 Å². The second-order valence-corrected chi connectivity index (χ2v) is 13.3. The van der Waals surface area contributed by atoms with Crippen LogP contribution in [0.25, 0.3) is 0 Å². The molecule has 12 unspecified atom stereocenters. The maximum atomic E-state index is 13.4. The Balaban J connectivity index is 2.06. The predicted molar refractivity (Wildman–Crippen MR) is 153 cm³/mol. The van der Waals surface area contributed by atoms with Crippen molar-refractivity contribution >= 4 is 41.4 Å². The van der Waals surface area contributed by atoms with Gasteiger partial charge in [-0.15, -0.1) is 11.6 Å². The fourth-order valence-electron chi connectivity index (χ4n) is 7.39. The van der Waals surface area contributed by atoms with Gasteiger partial charge in [0.25, 0.3) is 0 Å². The number of hydrogen-bond donors (Lipinski definition) is 1. The van der Waals surface area contributed by atoms with Crippen LogP contribution in [0.4, 0.5) is 0 Å². The third kappa shape index (κ3) is 5.62. The van der Waals surface area contributed by atoms with Crippen LogP contribution in [0.3, 0.4) is 0 Å². The normalized spacial score (nSPS) is 42.2. The summed E-state index contributed by atoms with van der Waals surface area (Å²) in [6.07, 6.45) is -5.38. The first kappa shape index (κ1) is 34.2. The molecule has 1 spiro atoms. The molecule has 2 saturated carbocycles. The fourth-order valence-corrected chi connectivity index (χ4v) is 7.76. The van der Waals surface area contributed by atoms with Gasteiger partial charge >= 0.3 is 29.8 Å². The summed E-state index contributed by atoms with van der Waals surface area (Å²) in [7, 11) is 0. The fraction of sp³-hybridized carbons (Fsp3) is 0.774. The van der Waals surface area contributed by atoms with Crippen molar-refractivity contribution in [2.24, 2.45) is 23.2 Å². The van der Waals surface area contributed by atoms with E-state index in [1.165, 1.54) is 20.8 Å². The van der Waals surface area contributed by atoms with E-state index in [0.717, 1.165) is 6.92 Å². The van der Waals surface area contributed by atoms with Crippen LogP contribution < -0.4 is 0 Å². The van der Waals surface area contributed by atoms with E-state index < -0.39 is 100 Å². The molecule has 12 atom stereocenters. The van der Waals surface area contributed by atoms with Gasteiger partial charge < -0.3 is 33.5 Å². The second-order valence-electron chi connectivity index (χ2n) is 12.8. The molecule has 2 saturated heterocycles. The molecule has 0 amide bonds. The van der Waals surface area contributed by atoms with Crippen LogP contribution in [0.5, 0.6) is 0 Å². The van der Waals surface area contributed by atoms with E-state index in [9.17, 15) is 29.1 Å². The number of esters is 5. The van der Waals surface area contributed by atoms with Gasteiger partial charge in [-0.05, 0) is 26.2 Å². The van der Waals surface area contributed by atoms with Gasteiger partial charge in [-0.2, -0.15) is 0 Å². The molecule has 0 aromatic heterocycles. The molecule has 0 radical (unpaired) electrons. The van der Waals surface area contributed by atoms with Crippen molar-refractivity contribution in [1.29, 1.82) is 0 Å². The van der Waals surface area contributed by atoms with Crippen LogP contribution in [0, 0.1) is 23.2 Å². The number of carbonyl (C=O) groups is 5. The SMILES string of the molecule is C=C1CCC(OC(C)=O)C2(C)C(OC(=O)C(C)CC)CC(OC(C)=O)C3(CO3)C2C(OC(C)=O)C2(O)C(C)C(=O)OC2C1Cl. The van der Waals surface area contributed by atoms with Crippen LogP contribution in [-0.4, -0.2) is 88.7 Å². The number of ether oxygens (including phenoxy) is 6. The minimum Gasteiger partial charge on any atom is -0.462 e. The molecule has 0 aromatic rings. The Kier molecular flexibility index (Phi) is 9.51. The van der Waals surface area contributed by atoms with Crippen LogP contribution in [0.2, 0.25) is 0 Å². The number of fused-ring (bicyclic) bond motifs is 3. The molecule has 4 aliphatic rings. The van der Waals surface area contributed by atoms with Crippen LogP contribution >= 0.6 is 11.6 Å². The predicted octanol–water partition coefficient (Wildman–Crippen LogP) is 2.78. The van der Waals surface area contributed by atoms with Crippen LogP contribution in [0.1, 0.15) is 74.1 Å². The van der Waals surface area contributed by atoms with E-state index in [4.69, 9.17) is 40.0 Å². The molecular formula is C31H43ClO12. The highest BCUT2D eigenvalue weighted by Crippen LogP contribution is 2.63. The largest absolute Gasteiger partial charge is 0.462 e. The van der Waals surface area contributed by atoms with Gasteiger partial charge in [-0.3, -0.25) is 24.0 Å². The summed E-state index contributed by atoms with van der Waals surface area (Å²) in [5, 5.41) is 11.6. The first-order valence-corrected chi connectivity index (χ1v) is 15.5. The standard InChI is InChI=1S/C31H43ClO12/c1-9-14(2)27(36)43-21-12-22(41-18(6)34)30(13-39-30)24-26(42-19(7)35)31(38)16(4)28(37)44-25(31)23(32)15(3)10-11-20(29(21,24)8)40-17(5)33/h14,16,20-26,38H,3,9-13H2,1-2,4-8H3. The molecule has 13 heteroatoms. The Hall–Kier alpha value is -2.70. The average Bonchev–Trinajstić information content (AvgIpc) is 3.69. The zero-order chi connectivity index (χ0) is 32.9. The summed E-state index contributed by atoms with van der Waals surface area (Å²) in [6.45, 7) is 14.4. The summed E-state index contributed by atoms with van der Waals surface area (Å²) in [4.78, 5) is 64.3. The van der Waals surface area contributed by atoms with E-state index in [0.29, 0.717) is 12.0 Å². The van der Waals surface area contributed by atoms with Gasteiger partial charge in [0.2, 0.25) is 0 Å². The zero-order valence-corrected chi connectivity index (χ0v) is 27.0. The van der Waals surface area contributed by atoms with E-state index in [-0.39, 0.29) is 25.9 Å². The molecule has 246 valence electrons. The van der Waals surface area contributed by atoms with Crippen molar-refractivity contribution < 1.29 is 57.5 Å². The van der Waals surface area contributed by atoms with E-state index in [2.05, 4.69) is 6.58 Å². The van der Waals surface area contributed by atoms with Crippen molar-refractivity contribution in [2.45, 2.75) is 121 Å². The molecule has 0 aromatic carbocycles. The number of alkyl halides is 1. The first-order valence-electron chi connectivity index (χ1n) is 15.1.